The Bertz CT molecular complexity index is 803. The first kappa shape index (κ1) is 19.3. The molecule has 1 aromatic carbocycles. The molecule has 0 bridgehead atoms. The van der Waals surface area contributed by atoms with Gasteiger partial charge in [0.2, 0.25) is 0 Å². The molecular weight excluding hydrogens is 342 g/mol. The van der Waals surface area contributed by atoms with Gasteiger partial charge in [-0.3, -0.25) is 9.69 Å². The number of hydrogen-bond acceptors (Lipinski definition) is 6. The average Bonchev–Trinajstić information content (AvgIpc) is 2.66. The van der Waals surface area contributed by atoms with Gasteiger partial charge in [0, 0.05) is 37.9 Å². The van der Waals surface area contributed by atoms with Gasteiger partial charge >= 0.3 is 0 Å². The molecule has 1 aliphatic rings. The molecule has 1 aromatic heterocycles. The van der Waals surface area contributed by atoms with Crippen LogP contribution in [0.15, 0.2) is 24.3 Å². The lowest BCUT2D eigenvalue weighted by atomic mass is 10.1. The van der Waals surface area contributed by atoms with Crippen LogP contribution in [0.4, 0.5) is 11.5 Å². The molecule has 0 saturated carbocycles. The second-order valence-electron chi connectivity index (χ2n) is 6.77. The molecule has 2 aromatic rings. The van der Waals surface area contributed by atoms with E-state index in [1.165, 1.54) is 0 Å². The lowest BCUT2D eigenvalue weighted by Crippen LogP contribution is -2.39. The highest BCUT2D eigenvalue weighted by molar-refractivity contribution is 6.03. The van der Waals surface area contributed by atoms with E-state index in [1.807, 2.05) is 32.0 Å². The Morgan fingerprint density at radius 1 is 1.19 bits per heavy atom. The summed E-state index contributed by atoms with van der Waals surface area (Å²) in [5.41, 5.74) is 3.35. The Hall–Kier alpha value is -2.51. The van der Waals surface area contributed by atoms with E-state index in [-0.39, 0.29) is 5.91 Å². The maximum atomic E-state index is 12.7. The van der Waals surface area contributed by atoms with Crippen molar-refractivity contribution in [1.29, 1.82) is 0 Å². The zero-order valence-corrected chi connectivity index (χ0v) is 16.2. The number of aryl methyl sites for hydroxylation is 2. The van der Waals surface area contributed by atoms with Gasteiger partial charge in [-0.1, -0.05) is 12.1 Å². The van der Waals surface area contributed by atoms with Crippen molar-refractivity contribution in [3.05, 3.63) is 46.9 Å². The fourth-order valence-corrected chi connectivity index (χ4v) is 3.01. The predicted octanol–water partition coefficient (Wildman–Crippen LogP) is 2.40. The second-order valence-corrected chi connectivity index (χ2v) is 6.77. The molecule has 1 saturated heterocycles. The molecule has 0 atom stereocenters. The van der Waals surface area contributed by atoms with E-state index >= 15 is 0 Å². The number of nitrogens with one attached hydrogen (secondary N) is 2. The first-order valence-electron chi connectivity index (χ1n) is 9.30. The van der Waals surface area contributed by atoms with Gasteiger partial charge in [-0.2, -0.15) is 0 Å². The second kappa shape index (κ2) is 8.92. The average molecular weight is 369 g/mol. The quantitative estimate of drug-likeness (QED) is 0.814. The summed E-state index contributed by atoms with van der Waals surface area (Å²) < 4.78 is 5.36. The van der Waals surface area contributed by atoms with Crippen molar-refractivity contribution in [1.82, 2.24) is 14.9 Å². The molecule has 3 rings (SSSR count). The number of rotatable bonds is 6. The summed E-state index contributed by atoms with van der Waals surface area (Å²) in [7, 11) is 0. The Labute approximate surface area is 160 Å². The van der Waals surface area contributed by atoms with Crippen LogP contribution in [0.25, 0.3) is 0 Å². The van der Waals surface area contributed by atoms with Gasteiger partial charge in [0.05, 0.1) is 13.2 Å². The van der Waals surface area contributed by atoms with E-state index in [2.05, 4.69) is 25.5 Å². The topological polar surface area (TPSA) is 79.4 Å². The molecule has 0 radical (unpaired) electrons. The summed E-state index contributed by atoms with van der Waals surface area (Å²) in [5.74, 6) is 1.00. The molecule has 1 aliphatic heterocycles. The number of carbonyl (C=O) groups excluding carboxylic acids is 1. The van der Waals surface area contributed by atoms with Crippen molar-refractivity contribution in [2.45, 2.75) is 20.8 Å². The standard InChI is InChI=1S/C20H27N5O2/c1-14-5-4-6-17(15(14)2)24-20(26)18-13-19(23-16(3)22-18)21-7-8-25-9-11-27-12-10-25/h4-6,13H,7-12H2,1-3H3,(H,24,26)(H,21,22,23). The highest BCUT2D eigenvalue weighted by atomic mass is 16.5. The molecule has 144 valence electrons. The number of amides is 1. The largest absolute Gasteiger partial charge is 0.379 e. The van der Waals surface area contributed by atoms with Crippen LogP contribution in [-0.4, -0.2) is 60.2 Å². The van der Waals surface area contributed by atoms with Crippen LogP contribution in [0.5, 0.6) is 0 Å². The fourth-order valence-electron chi connectivity index (χ4n) is 3.01. The summed E-state index contributed by atoms with van der Waals surface area (Å²) in [6, 6.07) is 7.56. The van der Waals surface area contributed by atoms with E-state index in [1.54, 1.807) is 13.0 Å². The number of nitrogens with zero attached hydrogens (tertiary/aromatic N) is 3. The van der Waals surface area contributed by atoms with E-state index < -0.39 is 0 Å². The number of hydrogen-bond donors (Lipinski definition) is 2. The van der Waals surface area contributed by atoms with Gasteiger partial charge in [-0.05, 0) is 38.0 Å². The molecule has 7 heteroatoms. The third kappa shape index (κ3) is 5.24. The summed E-state index contributed by atoms with van der Waals surface area (Å²) in [5, 5.41) is 6.25. The molecule has 27 heavy (non-hydrogen) atoms. The van der Waals surface area contributed by atoms with Gasteiger partial charge in [0.15, 0.2) is 0 Å². The zero-order chi connectivity index (χ0) is 19.2. The van der Waals surface area contributed by atoms with Crippen molar-refractivity contribution in [2.75, 3.05) is 50.0 Å². The zero-order valence-electron chi connectivity index (χ0n) is 16.2. The predicted molar refractivity (Wildman–Crippen MR) is 106 cm³/mol. The molecule has 1 amide bonds. The summed E-state index contributed by atoms with van der Waals surface area (Å²) >= 11 is 0. The molecular formula is C20H27N5O2. The van der Waals surface area contributed by atoms with Crippen LogP contribution < -0.4 is 10.6 Å². The SMILES string of the molecule is Cc1nc(NCCN2CCOCC2)cc(C(=O)Nc2cccc(C)c2C)n1. The normalized spacial score (nSPS) is 14.8. The van der Waals surface area contributed by atoms with Crippen LogP contribution in [0.1, 0.15) is 27.4 Å². The Morgan fingerprint density at radius 3 is 2.74 bits per heavy atom. The number of benzene rings is 1. The molecule has 1 fully saturated rings. The number of aromatic nitrogens is 2. The van der Waals surface area contributed by atoms with Gasteiger partial charge in [-0.15, -0.1) is 0 Å². The summed E-state index contributed by atoms with van der Waals surface area (Å²) in [6.07, 6.45) is 0. The Morgan fingerprint density at radius 2 is 1.96 bits per heavy atom. The number of ether oxygens (including phenoxy) is 1. The minimum atomic E-state index is -0.231. The number of anilines is 2. The summed E-state index contributed by atoms with van der Waals surface area (Å²) in [4.78, 5) is 23.7. The molecule has 2 N–H and O–H groups in total. The first-order valence-corrected chi connectivity index (χ1v) is 9.30. The van der Waals surface area contributed by atoms with E-state index in [4.69, 9.17) is 4.74 Å². The van der Waals surface area contributed by atoms with Gasteiger partial charge in [0.25, 0.3) is 5.91 Å². The Balaban J connectivity index is 1.63. The molecule has 0 unspecified atom stereocenters. The third-order valence-corrected chi connectivity index (χ3v) is 4.76. The van der Waals surface area contributed by atoms with Crippen LogP contribution >= 0.6 is 0 Å². The lowest BCUT2D eigenvalue weighted by Gasteiger charge is -2.26. The van der Waals surface area contributed by atoms with Crippen LogP contribution in [-0.2, 0) is 4.74 Å². The lowest BCUT2D eigenvalue weighted by molar-refractivity contribution is 0.0398. The maximum absolute atomic E-state index is 12.7. The van der Waals surface area contributed by atoms with E-state index in [0.29, 0.717) is 17.3 Å². The highest BCUT2D eigenvalue weighted by Gasteiger charge is 2.13. The van der Waals surface area contributed by atoms with E-state index in [9.17, 15) is 4.79 Å². The number of carbonyl (C=O) groups is 1. The highest BCUT2D eigenvalue weighted by Crippen LogP contribution is 2.19. The maximum Gasteiger partial charge on any atom is 0.274 e. The molecule has 0 spiro atoms. The van der Waals surface area contributed by atoms with Crippen molar-refractivity contribution in [3.8, 4) is 0 Å². The van der Waals surface area contributed by atoms with E-state index in [0.717, 1.165) is 56.2 Å². The van der Waals surface area contributed by atoms with Crippen molar-refractivity contribution in [2.24, 2.45) is 0 Å². The first-order chi connectivity index (χ1) is 13.0. The summed E-state index contributed by atoms with van der Waals surface area (Å²) in [6.45, 7) is 11.0. The van der Waals surface area contributed by atoms with Gasteiger partial charge in [-0.25, -0.2) is 9.97 Å². The molecule has 7 nitrogen and oxygen atoms in total. The third-order valence-electron chi connectivity index (χ3n) is 4.76. The van der Waals surface area contributed by atoms with Crippen LogP contribution in [0, 0.1) is 20.8 Å². The number of morpholine rings is 1. The fraction of sp³-hybridized carbons (Fsp3) is 0.450. The Kier molecular flexibility index (Phi) is 6.36. The van der Waals surface area contributed by atoms with Crippen molar-refractivity contribution < 1.29 is 9.53 Å². The minimum Gasteiger partial charge on any atom is -0.379 e. The van der Waals surface area contributed by atoms with Crippen LogP contribution in [0.3, 0.4) is 0 Å². The minimum absolute atomic E-state index is 0.231. The smallest absolute Gasteiger partial charge is 0.274 e. The monoisotopic (exact) mass is 369 g/mol. The molecule has 2 heterocycles. The van der Waals surface area contributed by atoms with Crippen molar-refractivity contribution in [3.63, 3.8) is 0 Å². The molecule has 0 aliphatic carbocycles. The van der Waals surface area contributed by atoms with Gasteiger partial charge in [0.1, 0.15) is 17.3 Å². The van der Waals surface area contributed by atoms with Crippen molar-refractivity contribution >= 4 is 17.4 Å². The van der Waals surface area contributed by atoms with Gasteiger partial charge < -0.3 is 15.4 Å². The van der Waals surface area contributed by atoms with Crippen LogP contribution in [0.2, 0.25) is 0 Å².